The van der Waals surface area contributed by atoms with E-state index < -0.39 is 0 Å². The first kappa shape index (κ1) is 34.2. The monoisotopic (exact) mass is 697 g/mol. The summed E-state index contributed by atoms with van der Waals surface area (Å²) in [6, 6.07) is 25.5. The van der Waals surface area contributed by atoms with Crippen LogP contribution in [-0.2, 0) is 24.2 Å². The zero-order chi connectivity index (χ0) is 36.0. The Morgan fingerprint density at radius 1 is 0.846 bits per heavy atom. The number of methoxy groups -OCH3 is 4. The smallest absolute Gasteiger partial charge is 0.248 e. The summed E-state index contributed by atoms with van der Waals surface area (Å²) in [5.41, 5.74) is 7.21. The molecule has 0 atom stereocenters. The van der Waals surface area contributed by atoms with E-state index in [0.717, 1.165) is 66.1 Å². The highest BCUT2D eigenvalue weighted by Gasteiger charge is 2.21. The number of fused-ring (bicyclic) bond motifs is 2. The van der Waals surface area contributed by atoms with Gasteiger partial charge in [0.1, 0.15) is 0 Å². The number of nitrogens with one attached hydrogen (secondary N) is 1. The van der Waals surface area contributed by atoms with Crippen LogP contribution < -0.4 is 24.3 Å². The predicted octanol–water partition coefficient (Wildman–Crippen LogP) is 6.16. The Morgan fingerprint density at radius 2 is 1.56 bits per heavy atom. The van der Waals surface area contributed by atoms with Crippen molar-refractivity contribution in [2.45, 2.75) is 19.4 Å². The minimum absolute atomic E-state index is 0.308. The number of amides is 1. The van der Waals surface area contributed by atoms with Crippen molar-refractivity contribution in [1.82, 2.24) is 30.1 Å². The van der Waals surface area contributed by atoms with Gasteiger partial charge in [-0.3, -0.25) is 14.7 Å². The third-order valence-electron chi connectivity index (χ3n) is 9.16. The van der Waals surface area contributed by atoms with Gasteiger partial charge in [-0.1, -0.05) is 30.3 Å². The molecule has 52 heavy (non-hydrogen) atoms. The molecule has 1 N–H and O–H groups in total. The fourth-order valence-electron chi connectivity index (χ4n) is 6.34. The molecule has 6 aromatic rings. The van der Waals surface area contributed by atoms with Crippen LogP contribution in [0.25, 0.3) is 34.1 Å². The van der Waals surface area contributed by atoms with Gasteiger partial charge in [0.2, 0.25) is 11.7 Å². The van der Waals surface area contributed by atoms with Crippen LogP contribution in [0.1, 0.15) is 22.3 Å². The molecule has 264 valence electrons. The Bertz CT molecular complexity index is 2250. The molecule has 4 aromatic carbocycles. The van der Waals surface area contributed by atoms with Gasteiger partial charge in [-0.2, -0.15) is 0 Å². The van der Waals surface area contributed by atoms with Crippen LogP contribution in [0.15, 0.2) is 91.1 Å². The summed E-state index contributed by atoms with van der Waals surface area (Å²) in [6.07, 6.45) is 6.77. The molecule has 12 heteroatoms. The predicted molar refractivity (Wildman–Crippen MR) is 199 cm³/mol. The van der Waals surface area contributed by atoms with Crippen molar-refractivity contribution in [3.8, 4) is 40.1 Å². The number of rotatable bonds is 12. The van der Waals surface area contributed by atoms with Gasteiger partial charge in [0.25, 0.3) is 0 Å². The maximum Gasteiger partial charge on any atom is 0.248 e. The lowest BCUT2D eigenvalue weighted by molar-refractivity contribution is -0.111. The van der Waals surface area contributed by atoms with E-state index in [1.54, 1.807) is 45.7 Å². The minimum atomic E-state index is -0.349. The number of hydrogen-bond donors (Lipinski definition) is 1. The summed E-state index contributed by atoms with van der Waals surface area (Å²) in [7, 11) is 6.42. The summed E-state index contributed by atoms with van der Waals surface area (Å²) < 4.78 is 22.1. The van der Waals surface area contributed by atoms with Gasteiger partial charge in [-0.15, -0.1) is 15.0 Å². The summed E-state index contributed by atoms with van der Waals surface area (Å²) >= 11 is 0. The highest BCUT2D eigenvalue weighted by atomic mass is 16.5. The Kier molecular flexibility index (Phi) is 10.1. The molecule has 7 rings (SSSR count). The van der Waals surface area contributed by atoms with Crippen LogP contribution in [0.2, 0.25) is 0 Å². The second kappa shape index (κ2) is 15.3. The quantitative estimate of drug-likeness (QED) is 0.149. The van der Waals surface area contributed by atoms with Crippen LogP contribution in [0.3, 0.4) is 0 Å². The number of tetrazole rings is 1. The average molecular weight is 698 g/mol. The van der Waals surface area contributed by atoms with Gasteiger partial charge in [-0.05, 0) is 88.8 Å². The van der Waals surface area contributed by atoms with Crippen LogP contribution in [0.5, 0.6) is 23.0 Å². The second-order valence-corrected chi connectivity index (χ2v) is 12.4. The van der Waals surface area contributed by atoms with E-state index in [4.69, 9.17) is 18.9 Å². The summed E-state index contributed by atoms with van der Waals surface area (Å²) in [4.78, 5) is 21.5. The van der Waals surface area contributed by atoms with E-state index in [2.05, 4.69) is 54.9 Å². The van der Waals surface area contributed by atoms with Crippen molar-refractivity contribution in [2.24, 2.45) is 0 Å². The van der Waals surface area contributed by atoms with E-state index >= 15 is 0 Å². The number of aromatic nitrogens is 5. The van der Waals surface area contributed by atoms with E-state index in [0.29, 0.717) is 28.6 Å². The highest BCUT2D eigenvalue weighted by Crippen LogP contribution is 2.38. The number of carbonyl (C=O) groups is 1. The standard InChI is InChI=1S/C40H39N7O5/c1-49-35-20-28-16-18-46(25-30(28)21-36(35)50-2)17-15-26-9-12-31(13-10-26)47-44-40(43-45-47)32-22-37(51-3)38(52-4)23-34(32)42-39(48)14-11-27-19-29-7-5-6-8-33(29)41-24-27/h5-14,19-24H,15-18,25H2,1-4H3,(H,42,48)/b14-11-. The maximum absolute atomic E-state index is 13.1. The number of para-hydroxylation sites is 1. The lowest BCUT2D eigenvalue weighted by Gasteiger charge is -2.29. The lowest BCUT2D eigenvalue weighted by Crippen LogP contribution is -2.32. The van der Waals surface area contributed by atoms with Crippen LogP contribution in [0.4, 0.5) is 5.69 Å². The molecule has 3 heterocycles. The van der Waals surface area contributed by atoms with Crippen LogP contribution in [-0.4, -0.2) is 77.5 Å². The fourth-order valence-corrected chi connectivity index (χ4v) is 6.34. The number of pyridine rings is 1. The highest BCUT2D eigenvalue weighted by molar-refractivity contribution is 6.04. The number of ether oxygens (including phenoxy) is 4. The van der Waals surface area contributed by atoms with E-state index in [9.17, 15) is 4.79 Å². The first-order valence-electron chi connectivity index (χ1n) is 16.9. The Morgan fingerprint density at radius 3 is 2.33 bits per heavy atom. The summed E-state index contributed by atoms with van der Waals surface area (Å²) in [5.74, 6) is 2.41. The first-order valence-corrected chi connectivity index (χ1v) is 16.9. The first-order chi connectivity index (χ1) is 25.4. The third kappa shape index (κ3) is 7.42. The molecule has 12 nitrogen and oxygen atoms in total. The Balaban J connectivity index is 1.04. The van der Waals surface area contributed by atoms with Gasteiger partial charge in [0.15, 0.2) is 23.0 Å². The number of anilines is 1. The molecule has 1 amide bonds. The Labute approximate surface area is 301 Å². The number of benzene rings is 4. The number of hydrogen-bond acceptors (Lipinski definition) is 10. The number of carbonyl (C=O) groups excluding carboxylic acids is 1. The largest absolute Gasteiger partial charge is 0.493 e. The van der Waals surface area contributed by atoms with Crippen molar-refractivity contribution >= 4 is 28.6 Å². The van der Waals surface area contributed by atoms with E-state index in [1.807, 2.05) is 42.5 Å². The molecule has 0 aliphatic carbocycles. The average Bonchev–Trinajstić information content (AvgIpc) is 3.68. The van der Waals surface area contributed by atoms with E-state index in [1.165, 1.54) is 34.7 Å². The molecule has 0 fully saturated rings. The van der Waals surface area contributed by atoms with E-state index in [-0.39, 0.29) is 5.91 Å². The molecule has 0 saturated carbocycles. The molecular formula is C40H39N7O5. The molecule has 0 spiro atoms. The summed E-state index contributed by atoms with van der Waals surface area (Å²) in [6.45, 7) is 2.79. The van der Waals surface area contributed by atoms with Gasteiger partial charge in [0.05, 0.1) is 50.9 Å². The molecule has 1 aliphatic heterocycles. The third-order valence-corrected chi connectivity index (χ3v) is 9.16. The van der Waals surface area contributed by atoms with Gasteiger partial charge < -0.3 is 24.3 Å². The number of nitrogens with zero attached hydrogens (tertiary/aromatic N) is 6. The molecule has 0 radical (unpaired) electrons. The van der Waals surface area contributed by atoms with Crippen molar-refractivity contribution < 1.29 is 23.7 Å². The lowest BCUT2D eigenvalue weighted by atomic mass is 9.98. The molecule has 0 saturated heterocycles. The fraction of sp³-hybridized carbons (Fsp3) is 0.225. The zero-order valence-corrected chi connectivity index (χ0v) is 29.5. The molecule has 1 aliphatic rings. The van der Waals surface area contributed by atoms with Crippen molar-refractivity contribution in [2.75, 3.05) is 46.8 Å². The molecule has 2 aromatic heterocycles. The van der Waals surface area contributed by atoms with Gasteiger partial charge >= 0.3 is 0 Å². The minimum Gasteiger partial charge on any atom is -0.493 e. The molecule has 0 unspecified atom stereocenters. The SMILES string of the molecule is COc1cc2c(cc1OC)CN(CCc1ccc(-n3nnc(-c4cc(OC)c(OC)cc4NC(=O)/C=C\c4cnc5ccccc5c4)n3)cc1)CC2. The van der Waals surface area contributed by atoms with Crippen molar-refractivity contribution in [3.05, 3.63) is 113 Å². The molecular weight excluding hydrogens is 658 g/mol. The Hall–Kier alpha value is -6.27. The normalized spacial score (nSPS) is 12.8. The van der Waals surface area contributed by atoms with Gasteiger partial charge in [-0.25, -0.2) is 0 Å². The maximum atomic E-state index is 13.1. The molecule has 0 bridgehead atoms. The zero-order valence-electron chi connectivity index (χ0n) is 29.5. The van der Waals surface area contributed by atoms with Gasteiger partial charge in [0, 0.05) is 43.4 Å². The second-order valence-electron chi connectivity index (χ2n) is 12.4. The summed E-state index contributed by atoms with van der Waals surface area (Å²) in [5, 5.41) is 17.2. The van der Waals surface area contributed by atoms with Crippen molar-refractivity contribution in [3.63, 3.8) is 0 Å². The van der Waals surface area contributed by atoms with Crippen LogP contribution in [0, 0.1) is 0 Å². The topological polar surface area (TPSA) is 126 Å². The van der Waals surface area contributed by atoms with Crippen LogP contribution >= 0.6 is 0 Å². The van der Waals surface area contributed by atoms with Crippen molar-refractivity contribution in [1.29, 1.82) is 0 Å².